The van der Waals surface area contributed by atoms with Crippen molar-refractivity contribution in [3.8, 4) is 11.4 Å². The summed E-state index contributed by atoms with van der Waals surface area (Å²) in [4.78, 5) is 7.52. The monoisotopic (exact) mass is 399 g/mol. The molecular formula is C19H25N7OS. The van der Waals surface area contributed by atoms with Gasteiger partial charge in [-0.05, 0) is 39.0 Å². The van der Waals surface area contributed by atoms with Gasteiger partial charge in [0.05, 0.1) is 29.9 Å². The van der Waals surface area contributed by atoms with E-state index in [4.69, 9.17) is 9.73 Å². The molecule has 4 heterocycles. The highest BCUT2D eigenvalue weighted by atomic mass is 32.1. The van der Waals surface area contributed by atoms with Gasteiger partial charge in [0.15, 0.2) is 4.80 Å². The molecule has 1 saturated heterocycles. The van der Waals surface area contributed by atoms with Crippen LogP contribution in [0.3, 0.4) is 0 Å². The van der Waals surface area contributed by atoms with Gasteiger partial charge >= 0.3 is 0 Å². The van der Waals surface area contributed by atoms with Gasteiger partial charge in [-0.25, -0.2) is 4.99 Å². The zero-order valence-electron chi connectivity index (χ0n) is 16.3. The second kappa shape index (κ2) is 6.97. The second-order valence-corrected chi connectivity index (χ2v) is 8.53. The van der Waals surface area contributed by atoms with Crippen LogP contribution in [0.5, 0.6) is 0 Å². The van der Waals surface area contributed by atoms with E-state index in [1.165, 1.54) is 19.3 Å². The molecule has 28 heavy (non-hydrogen) atoms. The van der Waals surface area contributed by atoms with E-state index in [0.717, 1.165) is 47.9 Å². The molecule has 2 aliphatic rings. The molecule has 1 spiro atoms. The summed E-state index contributed by atoms with van der Waals surface area (Å²) in [5.41, 5.74) is 2.93. The Morgan fingerprint density at radius 1 is 1.32 bits per heavy atom. The molecule has 8 nitrogen and oxygen atoms in total. The molecule has 0 aromatic carbocycles. The fraction of sp³-hybridized carbons (Fsp3) is 0.579. The smallest absolute Gasteiger partial charge is 0.190 e. The van der Waals surface area contributed by atoms with Crippen molar-refractivity contribution in [1.82, 2.24) is 29.3 Å². The maximum Gasteiger partial charge on any atom is 0.190 e. The van der Waals surface area contributed by atoms with E-state index in [-0.39, 0.29) is 5.60 Å². The van der Waals surface area contributed by atoms with Gasteiger partial charge in [0.25, 0.3) is 0 Å². The predicted octanol–water partition coefficient (Wildman–Crippen LogP) is 3.07. The van der Waals surface area contributed by atoms with Gasteiger partial charge in [-0.1, -0.05) is 0 Å². The molecule has 1 aliphatic heterocycles. The Morgan fingerprint density at radius 3 is 2.89 bits per heavy atom. The molecule has 0 radical (unpaired) electrons. The van der Waals surface area contributed by atoms with E-state index >= 15 is 0 Å². The van der Waals surface area contributed by atoms with Crippen LogP contribution in [0.25, 0.3) is 11.4 Å². The Morgan fingerprint density at radius 2 is 2.21 bits per heavy atom. The first-order valence-corrected chi connectivity index (χ1v) is 10.8. The van der Waals surface area contributed by atoms with Gasteiger partial charge < -0.3 is 9.30 Å². The van der Waals surface area contributed by atoms with Gasteiger partial charge in [-0.15, -0.1) is 11.3 Å². The molecule has 1 atom stereocenters. The van der Waals surface area contributed by atoms with Crippen molar-refractivity contribution >= 4 is 17.0 Å². The fourth-order valence-corrected chi connectivity index (χ4v) is 5.21. The van der Waals surface area contributed by atoms with E-state index < -0.39 is 0 Å². The second-order valence-electron chi connectivity index (χ2n) is 7.69. The summed E-state index contributed by atoms with van der Waals surface area (Å²) in [5.74, 6) is 0. The van der Waals surface area contributed by atoms with E-state index in [9.17, 15) is 0 Å². The lowest BCUT2D eigenvalue weighted by Crippen LogP contribution is -2.46. The van der Waals surface area contributed by atoms with Gasteiger partial charge in [0.1, 0.15) is 11.4 Å². The van der Waals surface area contributed by atoms with Gasteiger partial charge in [-0.2, -0.15) is 20.1 Å². The first-order chi connectivity index (χ1) is 13.7. The van der Waals surface area contributed by atoms with Crippen LogP contribution < -0.4 is 4.80 Å². The fourth-order valence-electron chi connectivity index (χ4n) is 4.24. The van der Waals surface area contributed by atoms with E-state index in [2.05, 4.69) is 32.2 Å². The minimum atomic E-state index is 0.0713. The summed E-state index contributed by atoms with van der Waals surface area (Å²) < 4.78 is 10.4. The third-order valence-corrected chi connectivity index (χ3v) is 6.71. The summed E-state index contributed by atoms with van der Waals surface area (Å²) in [6.07, 6.45) is 11.3. The maximum atomic E-state index is 6.17. The number of hydrogen-bond acceptors (Lipinski definition) is 6. The van der Waals surface area contributed by atoms with E-state index in [1.807, 2.05) is 30.3 Å². The molecule has 148 valence electrons. The molecule has 0 amide bonds. The summed E-state index contributed by atoms with van der Waals surface area (Å²) >= 11 is 1.65. The number of aryl methyl sites for hydroxylation is 2. The van der Waals surface area contributed by atoms with Gasteiger partial charge in [-0.3, -0.25) is 4.68 Å². The molecule has 1 unspecified atom stereocenters. The quantitative estimate of drug-likeness (QED) is 0.676. The zero-order valence-corrected chi connectivity index (χ0v) is 17.1. The number of aromatic nitrogens is 6. The van der Waals surface area contributed by atoms with Crippen LogP contribution in [0.15, 0.2) is 29.0 Å². The van der Waals surface area contributed by atoms with Crippen molar-refractivity contribution in [2.45, 2.75) is 57.2 Å². The molecule has 0 bridgehead atoms. The standard InChI is InChI=1S/C19H25N7OS/c1-3-25-12-14(10-21-25)22-18-26(15-5-8-27-19(9-15)6-4-7-19)17(13-28-18)16-11-20-24(2)23-16/h10-13,15H,3-9H2,1-2H3. The van der Waals surface area contributed by atoms with Crippen LogP contribution in [0.4, 0.5) is 5.69 Å². The van der Waals surface area contributed by atoms with Gasteiger partial charge in [0, 0.05) is 31.6 Å². The molecule has 1 saturated carbocycles. The number of thiazole rings is 1. The third-order valence-electron chi connectivity index (χ3n) is 5.87. The Bertz CT molecular complexity index is 1040. The zero-order chi connectivity index (χ0) is 19.1. The van der Waals surface area contributed by atoms with Gasteiger partial charge in [0.2, 0.25) is 0 Å². The average Bonchev–Trinajstić information content (AvgIpc) is 3.40. The van der Waals surface area contributed by atoms with Crippen molar-refractivity contribution in [2.75, 3.05) is 6.61 Å². The van der Waals surface area contributed by atoms with E-state index in [0.29, 0.717) is 6.04 Å². The van der Waals surface area contributed by atoms with Crippen LogP contribution in [-0.4, -0.2) is 41.5 Å². The van der Waals surface area contributed by atoms with Crippen LogP contribution in [-0.2, 0) is 18.3 Å². The lowest BCUT2D eigenvalue weighted by molar-refractivity contribution is -0.140. The SMILES string of the molecule is CCn1cc(N=c2scc(-c3cnn(C)n3)n2C2CCOC3(CCC3)C2)cn1. The molecular weight excluding hydrogens is 374 g/mol. The summed E-state index contributed by atoms with van der Waals surface area (Å²) in [6, 6.07) is 0.359. The third kappa shape index (κ3) is 3.12. The summed E-state index contributed by atoms with van der Waals surface area (Å²) in [7, 11) is 1.85. The highest BCUT2D eigenvalue weighted by Crippen LogP contribution is 2.46. The minimum absolute atomic E-state index is 0.0713. The number of nitrogens with zero attached hydrogens (tertiary/aromatic N) is 7. The Balaban J connectivity index is 1.60. The number of hydrogen-bond donors (Lipinski definition) is 0. The van der Waals surface area contributed by atoms with Crippen LogP contribution in [0.1, 0.15) is 45.1 Å². The van der Waals surface area contributed by atoms with Crippen molar-refractivity contribution in [3.63, 3.8) is 0 Å². The Kier molecular flexibility index (Phi) is 4.43. The molecule has 2 fully saturated rings. The Labute approximate surface area is 167 Å². The first-order valence-electron chi connectivity index (χ1n) is 9.94. The maximum absolute atomic E-state index is 6.17. The highest BCUT2D eigenvalue weighted by Gasteiger charge is 2.43. The number of rotatable bonds is 4. The summed E-state index contributed by atoms with van der Waals surface area (Å²) in [5, 5.41) is 15.3. The topological polar surface area (TPSA) is 75.0 Å². The molecule has 3 aromatic heterocycles. The lowest BCUT2D eigenvalue weighted by Gasteiger charge is -2.47. The van der Waals surface area contributed by atoms with Crippen LogP contribution >= 0.6 is 11.3 Å². The normalized spacial score (nSPS) is 21.9. The molecule has 1 aliphatic carbocycles. The minimum Gasteiger partial charge on any atom is -0.375 e. The van der Waals surface area contributed by atoms with Crippen LogP contribution in [0.2, 0.25) is 0 Å². The van der Waals surface area contributed by atoms with Crippen molar-refractivity contribution in [1.29, 1.82) is 0 Å². The first kappa shape index (κ1) is 17.8. The van der Waals surface area contributed by atoms with E-state index in [1.54, 1.807) is 16.1 Å². The van der Waals surface area contributed by atoms with Crippen molar-refractivity contribution in [3.05, 3.63) is 28.8 Å². The molecule has 0 N–H and O–H groups in total. The lowest BCUT2D eigenvalue weighted by atomic mass is 9.74. The molecule has 9 heteroatoms. The average molecular weight is 400 g/mol. The number of ether oxygens (including phenoxy) is 1. The predicted molar refractivity (Wildman–Crippen MR) is 106 cm³/mol. The van der Waals surface area contributed by atoms with Crippen molar-refractivity contribution < 1.29 is 4.74 Å². The highest BCUT2D eigenvalue weighted by molar-refractivity contribution is 7.07. The largest absolute Gasteiger partial charge is 0.375 e. The molecule has 5 rings (SSSR count). The van der Waals surface area contributed by atoms with Crippen LogP contribution in [0, 0.1) is 0 Å². The summed E-state index contributed by atoms with van der Waals surface area (Å²) in [6.45, 7) is 3.72. The Hall–Kier alpha value is -2.26. The molecule has 3 aromatic rings. The van der Waals surface area contributed by atoms with Crippen molar-refractivity contribution in [2.24, 2.45) is 12.0 Å².